The topological polar surface area (TPSA) is 72.0 Å². The fraction of sp³-hybridized carbons (Fsp3) is 0.167. The highest BCUT2D eigenvalue weighted by molar-refractivity contribution is 7.92. The molecule has 0 bridgehead atoms. The number of nitrogens with zero attached hydrogens (tertiary/aromatic N) is 2. The minimum atomic E-state index is -3.81. The number of hydrogen-bond acceptors (Lipinski definition) is 4. The maximum Gasteiger partial charge on any atom is 0.263 e. The first-order valence-corrected chi connectivity index (χ1v) is 6.94. The molecule has 7 heteroatoms. The van der Waals surface area contributed by atoms with Crippen molar-refractivity contribution in [2.45, 2.75) is 18.7 Å². The summed E-state index contributed by atoms with van der Waals surface area (Å²) in [6, 6.07) is 2.36. The van der Waals surface area contributed by atoms with Gasteiger partial charge in [0.1, 0.15) is 5.82 Å². The van der Waals surface area contributed by atoms with Gasteiger partial charge in [0.05, 0.1) is 11.1 Å². The molecular weight excluding hydrogens is 269 g/mol. The summed E-state index contributed by atoms with van der Waals surface area (Å²) in [5, 5.41) is 0. The lowest BCUT2D eigenvalue weighted by atomic mass is 10.1. The predicted molar refractivity (Wildman–Crippen MR) is 68.7 cm³/mol. The summed E-state index contributed by atoms with van der Waals surface area (Å²) in [4.78, 5) is 7.67. The Morgan fingerprint density at radius 1 is 1.16 bits per heavy atom. The Hall–Kier alpha value is -2.02. The first-order chi connectivity index (χ1) is 8.90. The zero-order valence-electron chi connectivity index (χ0n) is 10.4. The summed E-state index contributed by atoms with van der Waals surface area (Å²) in [5.74, 6) is -0.348. The molecule has 100 valence electrons. The average Bonchev–Trinajstić information content (AvgIpc) is 2.27. The highest BCUT2D eigenvalue weighted by atomic mass is 32.2. The van der Waals surface area contributed by atoms with Gasteiger partial charge in [0, 0.05) is 12.4 Å². The molecule has 0 saturated heterocycles. The van der Waals surface area contributed by atoms with Gasteiger partial charge in [-0.05, 0) is 37.1 Å². The van der Waals surface area contributed by atoms with Crippen molar-refractivity contribution < 1.29 is 12.8 Å². The van der Waals surface area contributed by atoms with Gasteiger partial charge in [0.15, 0.2) is 5.82 Å². The van der Waals surface area contributed by atoms with Crippen LogP contribution in [0.15, 0.2) is 35.6 Å². The minimum Gasteiger partial charge on any atom is -0.262 e. The smallest absolute Gasteiger partial charge is 0.262 e. The zero-order valence-corrected chi connectivity index (χ0v) is 11.2. The Bertz CT molecular complexity index is 679. The molecule has 0 aliphatic heterocycles. The SMILES string of the molecule is Cc1cc(F)cc(C)c1S(=O)(=O)Nc1cnccn1. The zero-order chi connectivity index (χ0) is 14.0. The van der Waals surface area contributed by atoms with E-state index in [2.05, 4.69) is 14.7 Å². The first kappa shape index (κ1) is 13.4. The number of hydrogen-bond donors (Lipinski definition) is 1. The number of halogens is 1. The van der Waals surface area contributed by atoms with Crippen LogP contribution in [0.5, 0.6) is 0 Å². The van der Waals surface area contributed by atoms with E-state index in [4.69, 9.17) is 0 Å². The molecule has 0 unspecified atom stereocenters. The lowest BCUT2D eigenvalue weighted by Gasteiger charge is -2.12. The number of sulfonamides is 1. The Kier molecular flexibility index (Phi) is 3.48. The van der Waals surface area contributed by atoms with Crippen LogP contribution in [0, 0.1) is 19.7 Å². The highest BCUT2D eigenvalue weighted by Crippen LogP contribution is 2.23. The van der Waals surface area contributed by atoms with Crippen molar-refractivity contribution in [1.29, 1.82) is 0 Å². The second-order valence-electron chi connectivity index (χ2n) is 4.06. The quantitative estimate of drug-likeness (QED) is 0.934. The Balaban J connectivity index is 2.46. The average molecular weight is 281 g/mol. The van der Waals surface area contributed by atoms with Gasteiger partial charge in [-0.15, -0.1) is 0 Å². The van der Waals surface area contributed by atoms with Gasteiger partial charge in [0.2, 0.25) is 0 Å². The number of rotatable bonds is 3. The Labute approximate surface area is 110 Å². The third-order valence-corrected chi connectivity index (χ3v) is 4.16. The molecular formula is C12H12FN3O2S. The summed E-state index contributed by atoms with van der Waals surface area (Å²) >= 11 is 0. The summed E-state index contributed by atoms with van der Waals surface area (Å²) in [6.07, 6.45) is 4.11. The molecule has 2 rings (SSSR count). The van der Waals surface area contributed by atoms with Gasteiger partial charge in [-0.1, -0.05) is 0 Å². The van der Waals surface area contributed by atoms with Crippen LogP contribution in [0.3, 0.4) is 0 Å². The molecule has 0 radical (unpaired) electrons. The number of benzene rings is 1. The molecule has 0 fully saturated rings. The molecule has 19 heavy (non-hydrogen) atoms. The maximum absolute atomic E-state index is 13.2. The van der Waals surface area contributed by atoms with E-state index in [1.54, 1.807) is 13.8 Å². The number of aromatic nitrogens is 2. The number of nitrogens with one attached hydrogen (secondary N) is 1. The third kappa shape index (κ3) is 2.87. The van der Waals surface area contributed by atoms with Crippen LogP contribution < -0.4 is 4.72 Å². The van der Waals surface area contributed by atoms with E-state index in [1.165, 1.54) is 30.7 Å². The fourth-order valence-corrected chi connectivity index (χ4v) is 3.31. The molecule has 0 aliphatic rings. The third-order valence-electron chi connectivity index (χ3n) is 2.50. The van der Waals surface area contributed by atoms with E-state index >= 15 is 0 Å². The van der Waals surface area contributed by atoms with Crippen molar-refractivity contribution in [1.82, 2.24) is 9.97 Å². The van der Waals surface area contributed by atoms with Crippen LogP contribution >= 0.6 is 0 Å². The lowest BCUT2D eigenvalue weighted by molar-refractivity contribution is 0.597. The van der Waals surface area contributed by atoms with Gasteiger partial charge in [0.25, 0.3) is 10.0 Å². The van der Waals surface area contributed by atoms with Crippen molar-refractivity contribution in [3.63, 3.8) is 0 Å². The van der Waals surface area contributed by atoms with Crippen LogP contribution in [0.4, 0.5) is 10.2 Å². The molecule has 1 aromatic heterocycles. The monoisotopic (exact) mass is 281 g/mol. The Morgan fingerprint density at radius 3 is 2.32 bits per heavy atom. The van der Waals surface area contributed by atoms with Gasteiger partial charge in [-0.3, -0.25) is 9.71 Å². The van der Waals surface area contributed by atoms with Crippen molar-refractivity contribution in [3.8, 4) is 0 Å². The largest absolute Gasteiger partial charge is 0.263 e. The number of aryl methyl sites for hydroxylation is 2. The van der Waals surface area contributed by atoms with Crippen molar-refractivity contribution >= 4 is 15.8 Å². The molecule has 1 aromatic carbocycles. The fourth-order valence-electron chi connectivity index (χ4n) is 1.86. The maximum atomic E-state index is 13.2. The van der Waals surface area contributed by atoms with E-state index in [-0.39, 0.29) is 10.7 Å². The van der Waals surface area contributed by atoms with Gasteiger partial charge < -0.3 is 0 Å². The molecule has 0 spiro atoms. The molecule has 1 N–H and O–H groups in total. The van der Waals surface area contributed by atoms with Crippen molar-refractivity contribution in [3.05, 3.63) is 47.7 Å². The molecule has 0 atom stereocenters. The first-order valence-electron chi connectivity index (χ1n) is 5.46. The second-order valence-corrected chi connectivity index (χ2v) is 5.68. The van der Waals surface area contributed by atoms with Crippen LogP contribution in [-0.4, -0.2) is 18.4 Å². The van der Waals surface area contributed by atoms with Crippen molar-refractivity contribution in [2.75, 3.05) is 4.72 Å². The second kappa shape index (κ2) is 4.93. The number of anilines is 1. The van der Waals surface area contributed by atoms with E-state index in [0.717, 1.165) is 0 Å². The molecule has 5 nitrogen and oxygen atoms in total. The summed E-state index contributed by atoms with van der Waals surface area (Å²) in [5.41, 5.74) is 0.683. The van der Waals surface area contributed by atoms with Crippen LogP contribution in [0.25, 0.3) is 0 Å². The van der Waals surface area contributed by atoms with E-state index in [9.17, 15) is 12.8 Å². The van der Waals surface area contributed by atoms with Crippen LogP contribution in [-0.2, 0) is 10.0 Å². The van der Waals surface area contributed by atoms with Crippen molar-refractivity contribution in [2.24, 2.45) is 0 Å². The van der Waals surface area contributed by atoms with Gasteiger partial charge in [-0.2, -0.15) is 0 Å². The minimum absolute atomic E-state index is 0.0551. The van der Waals surface area contributed by atoms with E-state index in [1.807, 2.05) is 0 Å². The van der Waals surface area contributed by atoms with Crippen LogP contribution in [0.2, 0.25) is 0 Å². The lowest BCUT2D eigenvalue weighted by Crippen LogP contribution is -2.16. The van der Waals surface area contributed by atoms with E-state index < -0.39 is 15.8 Å². The predicted octanol–water partition coefficient (Wildman–Crippen LogP) is 2.03. The molecule has 0 saturated carbocycles. The normalized spacial score (nSPS) is 11.3. The molecule has 1 heterocycles. The standard InChI is InChI=1S/C12H12FN3O2S/c1-8-5-10(13)6-9(2)12(8)19(17,18)16-11-7-14-3-4-15-11/h3-7H,1-2H3,(H,15,16). The molecule has 2 aromatic rings. The van der Waals surface area contributed by atoms with Gasteiger partial charge >= 0.3 is 0 Å². The van der Waals surface area contributed by atoms with Gasteiger partial charge in [-0.25, -0.2) is 17.8 Å². The van der Waals surface area contributed by atoms with E-state index in [0.29, 0.717) is 11.1 Å². The molecule has 0 amide bonds. The highest BCUT2D eigenvalue weighted by Gasteiger charge is 2.20. The summed E-state index contributed by atoms with van der Waals surface area (Å²) < 4.78 is 40.0. The van der Waals surface area contributed by atoms with Crippen LogP contribution in [0.1, 0.15) is 11.1 Å². The summed E-state index contributed by atoms with van der Waals surface area (Å²) in [6.45, 7) is 3.09. The summed E-state index contributed by atoms with van der Waals surface area (Å²) in [7, 11) is -3.81. The Morgan fingerprint density at radius 2 is 1.79 bits per heavy atom. The molecule has 0 aliphatic carbocycles.